The third-order valence-electron chi connectivity index (χ3n) is 2.94. The molecule has 0 bridgehead atoms. The molecule has 0 heterocycles. The molecule has 0 aliphatic rings. The Labute approximate surface area is 145 Å². The molecule has 0 aliphatic heterocycles. The summed E-state index contributed by atoms with van der Waals surface area (Å²) in [4.78, 5) is 23.6. The summed E-state index contributed by atoms with van der Waals surface area (Å²) in [6, 6.07) is 13.4. The lowest BCUT2D eigenvalue weighted by atomic mass is 10.2. The number of esters is 1. The number of benzene rings is 2. The van der Waals surface area contributed by atoms with E-state index in [0.29, 0.717) is 22.0 Å². The van der Waals surface area contributed by atoms with Crippen LogP contribution in [0.25, 0.3) is 0 Å². The van der Waals surface area contributed by atoms with Gasteiger partial charge in [-0.05, 0) is 50.2 Å². The number of halogens is 1. The summed E-state index contributed by atoms with van der Waals surface area (Å²) >= 11 is 5.95. The second-order valence-corrected chi connectivity index (χ2v) is 5.71. The number of carbonyl (C=O) groups is 2. The van der Waals surface area contributed by atoms with Crippen LogP contribution in [0.5, 0.6) is 5.75 Å². The largest absolute Gasteiger partial charge is 0.482 e. The zero-order valence-corrected chi connectivity index (χ0v) is 14.2. The minimum absolute atomic E-state index is 0.166. The molecule has 0 spiro atoms. The molecule has 0 unspecified atom stereocenters. The van der Waals surface area contributed by atoms with Crippen molar-refractivity contribution in [2.75, 3.05) is 11.9 Å². The van der Waals surface area contributed by atoms with Crippen LogP contribution in [0.1, 0.15) is 24.2 Å². The van der Waals surface area contributed by atoms with E-state index in [4.69, 9.17) is 21.1 Å². The highest BCUT2D eigenvalue weighted by Crippen LogP contribution is 2.23. The van der Waals surface area contributed by atoms with Crippen molar-refractivity contribution in [3.05, 3.63) is 59.1 Å². The van der Waals surface area contributed by atoms with Crippen molar-refractivity contribution in [3.8, 4) is 5.75 Å². The van der Waals surface area contributed by atoms with Gasteiger partial charge in [-0.15, -0.1) is 0 Å². The first kappa shape index (κ1) is 17.8. The van der Waals surface area contributed by atoms with Crippen LogP contribution < -0.4 is 10.1 Å². The first-order valence-electron chi connectivity index (χ1n) is 7.44. The highest BCUT2D eigenvalue weighted by molar-refractivity contribution is 6.32. The predicted molar refractivity (Wildman–Crippen MR) is 92.6 cm³/mol. The minimum atomic E-state index is -0.398. The summed E-state index contributed by atoms with van der Waals surface area (Å²) in [5, 5.41) is 3.12. The second kappa shape index (κ2) is 8.36. The monoisotopic (exact) mass is 347 g/mol. The predicted octanol–water partition coefficient (Wildman–Crippen LogP) is 3.92. The topological polar surface area (TPSA) is 64.6 Å². The Kier molecular flexibility index (Phi) is 6.21. The van der Waals surface area contributed by atoms with Crippen LogP contribution in [-0.4, -0.2) is 24.6 Å². The molecular weight excluding hydrogens is 330 g/mol. The Hall–Kier alpha value is -2.53. The van der Waals surface area contributed by atoms with Crippen LogP contribution in [0.15, 0.2) is 48.5 Å². The summed E-state index contributed by atoms with van der Waals surface area (Å²) in [6.07, 6.45) is -0.182. The Morgan fingerprint density at radius 2 is 1.75 bits per heavy atom. The zero-order chi connectivity index (χ0) is 17.5. The molecule has 0 aliphatic carbocycles. The van der Waals surface area contributed by atoms with Crippen LogP contribution in [0.4, 0.5) is 5.69 Å². The minimum Gasteiger partial charge on any atom is -0.482 e. The van der Waals surface area contributed by atoms with Crippen molar-refractivity contribution in [2.45, 2.75) is 20.0 Å². The van der Waals surface area contributed by atoms with E-state index in [1.807, 2.05) is 0 Å². The first-order valence-corrected chi connectivity index (χ1v) is 7.81. The van der Waals surface area contributed by atoms with E-state index in [1.54, 1.807) is 62.4 Å². The molecule has 2 aromatic carbocycles. The van der Waals surface area contributed by atoms with Gasteiger partial charge in [0.1, 0.15) is 5.75 Å². The van der Waals surface area contributed by atoms with Gasteiger partial charge in [0.15, 0.2) is 6.61 Å². The number of hydrogen-bond donors (Lipinski definition) is 1. The number of hydrogen-bond acceptors (Lipinski definition) is 4. The average molecular weight is 348 g/mol. The van der Waals surface area contributed by atoms with E-state index in [2.05, 4.69) is 5.32 Å². The molecule has 0 saturated carbocycles. The van der Waals surface area contributed by atoms with Crippen LogP contribution in [0.2, 0.25) is 5.02 Å². The molecule has 5 nitrogen and oxygen atoms in total. The maximum absolute atomic E-state index is 11.9. The molecule has 6 heteroatoms. The van der Waals surface area contributed by atoms with Gasteiger partial charge < -0.3 is 14.8 Å². The molecule has 0 saturated heterocycles. The molecule has 1 amide bonds. The molecule has 24 heavy (non-hydrogen) atoms. The van der Waals surface area contributed by atoms with Crippen LogP contribution in [0.3, 0.4) is 0 Å². The van der Waals surface area contributed by atoms with Crippen LogP contribution in [0, 0.1) is 0 Å². The number of rotatable bonds is 6. The second-order valence-electron chi connectivity index (χ2n) is 5.30. The quantitative estimate of drug-likeness (QED) is 0.804. The lowest BCUT2D eigenvalue weighted by Gasteiger charge is -2.10. The summed E-state index contributed by atoms with van der Waals surface area (Å²) in [7, 11) is 0. The van der Waals surface area contributed by atoms with E-state index in [0.717, 1.165) is 0 Å². The SMILES string of the molecule is CC(C)OC(=O)c1ccc(NC(=O)COc2ccccc2Cl)cc1. The molecule has 0 aromatic heterocycles. The molecule has 2 rings (SSSR count). The molecule has 0 radical (unpaired) electrons. The standard InChI is InChI=1S/C18H18ClNO4/c1-12(2)24-18(22)13-7-9-14(10-8-13)20-17(21)11-23-16-6-4-3-5-15(16)19/h3-10,12H,11H2,1-2H3,(H,20,21). The number of amides is 1. The van der Waals surface area contributed by atoms with Gasteiger partial charge in [-0.2, -0.15) is 0 Å². The number of anilines is 1. The number of carbonyl (C=O) groups excluding carboxylic acids is 2. The van der Waals surface area contributed by atoms with Crippen molar-refractivity contribution >= 4 is 29.2 Å². The van der Waals surface area contributed by atoms with Gasteiger partial charge in [-0.1, -0.05) is 23.7 Å². The fraction of sp³-hybridized carbons (Fsp3) is 0.222. The summed E-state index contributed by atoms with van der Waals surface area (Å²) in [5.41, 5.74) is 0.984. The Morgan fingerprint density at radius 3 is 2.38 bits per heavy atom. The van der Waals surface area contributed by atoms with Gasteiger partial charge in [-0.25, -0.2) is 4.79 Å². The number of para-hydroxylation sites is 1. The summed E-state index contributed by atoms with van der Waals surface area (Å²) in [6.45, 7) is 3.40. The molecule has 126 valence electrons. The lowest BCUT2D eigenvalue weighted by molar-refractivity contribution is -0.118. The Bertz CT molecular complexity index is 713. The van der Waals surface area contributed by atoms with Gasteiger partial charge in [-0.3, -0.25) is 4.79 Å². The zero-order valence-electron chi connectivity index (χ0n) is 13.4. The van der Waals surface area contributed by atoms with E-state index in [9.17, 15) is 9.59 Å². The molecule has 0 fully saturated rings. The van der Waals surface area contributed by atoms with Gasteiger partial charge in [0.25, 0.3) is 5.91 Å². The van der Waals surface area contributed by atoms with Crippen LogP contribution >= 0.6 is 11.6 Å². The van der Waals surface area contributed by atoms with Crippen molar-refractivity contribution in [2.24, 2.45) is 0 Å². The molecule has 0 atom stereocenters. The van der Waals surface area contributed by atoms with Crippen molar-refractivity contribution in [1.82, 2.24) is 0 Å². The normalized spacial score (nSPS) is 10.3. The lowest BCUT2D eigenvalue weighted by Crippen LogP contribution is -2.20. The third-order valence-corrected chi connectivity index (χ3v) is 3.25. The Morgan fingerprint density at radius 1 is 1.08 bits per heavy atom. The van der Waals surface area contributed by atoms with Crippen molar-refractivity contribution < 1.29 is 19.1 Å². The van der Waals surface area contributed by atoms with E-state index in [1.165, 1.54) is 0 Å². The van der Waals surface area contributed by atoms with E-state index in [-0.39, 0.29) is 18.6 Å². The third kappa shape index (κ3) is 5.28. The Balaban J connectivity index is 1.88. The molecular formula is C18H18ClNO4. The number of nitrogens with one attached hydrogen (secondary N) is 1. The maximum Gasteiger partial charge on any atom is 0.338 e. The van der Waals surface area contributed by atoms with Gasteiger partial charge >= 0.3 is 5.97 Å². The molecule has 1 N–H and O–H groups in total. The van der Waals surface area contributed by atoms with E-state index >= 15 is 0 Å². The van der Waals surface area contributed by atoms with Crippen molar-refractivity contribution in [3.63, 3.8) is 0 Å². The fourth-order valence-electron chi connectivity index (χ4n) is 1.87. The van der Waals surface area contributed by atoms with Crippen molar-refractivity contribution in [1.29, 1.82) is 0 Å². The van der Waals surface area contributed by atoms with Crippen LogP contribution in [-0.2, 0) is 9.53 Å². The highest BCUT2D eigenvalue weighted by Gasteiger charge is 2.10. The first-order chi connectivity index (χ1) is 11.5. The van der Waals surface area contributed by atoms with Gasteiger partial charge in [0, 0.05) is 5.69 Å². The molecule has 2 aromatic rings. The fourth-order valence-corrected chi connectivity index (χ4v) is 2.06. The maximum atomic E-state index is 11.9. The summed E-state index contributed by atoms with van der Waals surface area (Å²) < 4.78 is 10.5. The summed E-state index contributed by atoms with van der Waals surface area (Å²) in [5.74, 6) is -0.279. The smallest absolute Gasteiger partial charge is 0.338 e. The highest BCUT2D eigenvalue weighted by atomic mass is 35.5. The number of ether oxygens (including phenoxy) is 2. The van der Waals surface area contributed by atoms with Gasteiger partial charge in [0.2, 0.25) is 0 Å². The average Bonchev–Trinajstić information content (AvgIpc) is 2.54. The van der Waals surface area contributed by atoms with E-state index < -0.39 is 5.97 Å². The van der Waals surface area contributed by atoms with Gasteiger partial charge in [0.05, 0.1) is 16.7 Å².